The summed E-state index contributed by atoms with van der Waals surface area (Å²) in [6.45, 7) is 4.94. The number of anilines is 1. The number of carbonyl (C=O) groups excluding carboxylic acids is 2. The van der Waals surface area contributed by atoms with E-state index in [-0.39, 0.29) is 18.8 Å². The molecule has 2 aromatic rings. The van der Waals surface area contributed by atoms with E-state index in [1.807, 2.05) is 24.7 Å². The fourth-order valence-corrected chi connectivity index (χ4v) is 2.72. The van der Waals surface area contributed by atoms with Gasteiger partial charge in [-0.25, -0.2) is 0 Å². The van der Waals surface area contributed by atoms with E-state index >= 15 is 0 Å². The molecule has 0 saturated heterocycles. The highest BCUT2D eigenvalue weighted by Gasteiger charge is 2.30. The minimum absolute atomic E-state index is 0.0137. The zero-order valence-corrected chi connectivity index (χ0v) is 15.3. The number of rotatable bonds is 8. The van der Waals surface area contributed by atoms with Gasteiger partial charge in [0, 0.05) is 30.1 Å². The first-order chi connectivity index (χ1) is 13.0. The van der Waals surface area contributed by atoms with E-state index in [0.717, 1.165) is 22.7 Å². The van der Waals surface area contributed by atoms with Gasteiger partial charge in [-0.05, 0) is 38.1 Å². The lowest BCUT2D eigenvalue weighted by Crippen LogP contribution is -2.34. The van der Waals surface area contributed by atoms with Crippen LogP contribution in [-0.2, 0) is 22.7 Å². The molecule has 0 unspecified atom stereocenters. The van der Waals surface area contributed by atoms with Crippen molar-refractivity contribution < 1.29 is 19.4 Å². The highest BCUT2D eigenvalue weighted by Crippen LogP contribution is 2.21. The maximum absolute atomic E-state index is 12.1. The van der Waals surface area contributed by atoms with Crippen molar-refractivity contribution in [2.45, 2.75) is 27.0 Å². The molecule has 0 aliphatic carbocycles. The van der Waals surface area contributed by atoms with Crippen molar-refractivity contribution in [3.63, 3.8) is 0 Å². The number of carbonyl (C=O) groups is 2. The number of imide groups is 1. The Morgan fingerprint density at radius 1 is 1.22 bits per heavy atom. The normalized spacial score (nSPS) is 13.9. The molecule has 0 saturated carbocycles. The predicted molar refractivity (Wildman–Crippen MR) is 98.9 cm³/mol. The average Bonchev–Trinajstić information content (AvgIpc) is 3.15. The predicted octanol–water partition coefficient (Wildman–Crippen LogP) is 1.45. The Morgan fingerprint density at radius 2 is 1.96 bits per heavy atom. The molecular weight excluding hydrogens is 348 g/mol. The molecule has 0 radical (unpaired) electrons. The zero-order valence-electron chi connectivity index (χ0n) is 15.3. The van der Waals surface area contributed by atoms with Crippen LogP contribution in [0, 0.1) is 6.92 Å². The molecular formula is C19H22N4O4. The number of benzene rings is 1. The van der Waals surface area contributed by atoms with Crippen LogP contribution in [0.5, 0.6) is 5.75 Å². The maximum atomic E-state index is 12.1. The molecule has 0 fully saturated rings. The van der Waals surface area contributed by atoms with Crippen LogP contribution in [0.15, 0.2) is 42.2 Å². The van der Waals surface area contributed by atoms with E-state index in [1.165, 1.54) is 6.08 Å². The van der Waals surface area contributed by atoms with Crippen molar-refractivity contribution in [3.8, 4) is 5.75 Å². The van der Waals surface area contributed by atoms with E-state index in [2.05, 4.69) is 10.4 Å². The van der Waals surface area contributed by atoms with Crippen LogP contribution >= 0.6 is 0 Å². The van der Waals surface area contributed by atoms with Crippen molar-refractivity contribution in [1.82, 2.24) is 14.7 Å². The summed E-state index contributed by atoms with van der Waals surface area (Å²) in [5.41, 5.74) is 2.82. The van der Waals surface area contributed by atoms with E-state index in [4.69, 9.17) is 9.84 Å². The van der Waals surface area contributed by atoms with Crippen LogP contribution in [0.3, 0.4) is 0 Å². The van der Waals surface area contributed by atoms with Crippen molar-refractivity contribution in [3.05, 3.63) is 53.5 Å². The first-order valence-corrected chi connectivity index (χ1v) is 8.73. The number of aliphatic hydroxyl groups excluding tert-OH is 1. The topological polar surface area (TPSA) is 96.7 Å². The average molecular weight is 370 g/mol. The third kappa shape index (κ3) is 4.17. The fourth-order valence-electron chi connectivity index (χ4n) is 2.72. The molecule has 0 bridgehead atoms. The van der Waals surface area contributed by atoms with Crippen molar-refractivity contribution >= 4 is 17.5 Å². The second kappa shape index (κ2) is 8.05. The molecule has 8 nitrogen and oxygen atoms in total. The quantitative estimate of drug-likeness (QED) is 0.683. The summed E-state index contributed by atoms with van der Waals surface area (Å²) in [6.07, 6.45) is 3.20. The molecule has 0 atom stereocenters. The molecule has 3 rings (SSSR count). The fraction of sp³-hybridized carbons (Fsp3) is 0.316. The standard InChI is InChI=1S/C19H22N4O4/c1-3-22-11-14(13(2)21-22)12-27-16-6-4-15(5-7-16)20-17-10-18(25)23(8-9-24)19(17)26/h4-7,10-11,20,24H,3,8-9,12H2,1-2H3. The first kappa shape index (κ1) is 18.7. The van der Waals surface area contributed by atoms with Crippen LogP contribution in [-0.4, -0.2) is 44.8 Å². The van der Waals surface area contributed by atoms with E-state index in [0.29, 0.717) is 18.0 Å². The van der Waals surface area contributed by atoms with Gasteiger partial charge in [-0.1, -0.05) is 0 Å². The van der Waals surface area contributed by atoms with Gasteiger partial charge in [-0.15, -0.1) is 0 Å². The Morgan fingerprint density at radius 3 is 2.59 bits per heavy atom. The summed E-state index contributed by atoms with van der Waals surface area (Å²) in [7, 11) is 0. The van der Waals surface area contributed by atoms with Gasteiger partial charge in [0.15, 0.2) is 0 Å². The molecule has 2 heterocycles. The number of aromatic nitrogens is 2. The van der Waals surface area contributed by atoms with Crippen molar-refractivity contribution in [2.24, 2.45) is 0 Å². The van der Waals surface area contributed by atoms with Crippen LogP contribution in [0.4, 0.5) is 5.69 Å². The minimum Gasteiger partial charge on any atom is -0.489 e. The number of nitrogens with zero attached hydrogens (tertiary/aromatic N) is 3. The number of nitrogens with one attached hydrogen (secondary N) is 1. The largest absolute Gasteiger partial charge is 0.489 e. The Bertz CT molecular complexity index is 870. The van der Waals surface area contributed by atoms with Gasteiger partial charge in [0.1, 0.15) is 18.1 Å². The number of ether oxygens (including phenoxy) is 1. The molecule has 0 spiro atoms. The Labute approximate surface area is 157 Å². The number of amides is 2. The first-order valence-electron chi connectivity index (χ1n) is 8.73. The minimum atomic E-state index is -0.446. The monoisotopic (exact) mass is 370 g/mol. The molecule has 1 aliphatic rings. The number of aliphatic hydroxyl groups is 1. The molecule has 27 heavy (non-hydrogen) atoms. The number of hydrogen-bond donors (Lipinski definition) is 2. The Balaban J connectivity index is 1.59. The molecule has 1 aromatic heterocycles. The lowest BCUT2D eigenvalue weighted by Gasteiger charge is -2.13. The Kier molecular flexibility index (Phi) is 5.56. The second-order valence-electron chi connectivity index (χ2n) is 6.11. The van der Waals surface area contributed by atoms with Crippen molar-refractivity contribution in [1.29, 1.82) is 0 Å². The molecule has 1 aromatic carbocycles. The molecule has 2 amide bonds. The third-order valence-corrected chi connectivity index (χ3v) is 4.23. The Hall–Kier alpha value is -3.13. The van der Waals surface area contributed by atoms with Crippen LogP contribution in [0.25, 0.3) is 0 Å². The summed E-state index contributed by atoms with van der Waals surface area (Å²) >= 11 is 0. The third-order valence-electron chi connectivity index (χ3n) is 4.23. The number of hydrogen-bond acceptors (Lipinski definition) is 6. The SMILES string of the molecule is CCn1cc(COc2ccc(NC3=CC(=O)N(CCO)C3=O)cc2)c(C)n1. The number of aryl methyl sites for hydroxylation is 2. The van der Waals surface area contributed by atoms with E-state index < -0.39 is 11.8 Å². The lowest BCUT2D eigenvalue weighted by molar-refractivity contribution is -0.137. The summed E-state index contributed by atoms with van der Waals surface area (Å²) in [5.74, 6) is -0.189. The molecule has 142 valence electrons. The second-order valence-corrected chi connectivity index (χ2v) is 6.11. The van der Waals surface area contributed by atoms with E-state index in [9.17, 15) is 9.59 Å². The summed E-state index contributed by atoms with van der Waals surface area (Å²) in [5, 5.41) is 16.2. The van der Waals surface area contributed by atoms with Gasteiger partial charge in [0.05, 0.1) is 18.8 Å². The molecule has 8 heteroatoms. The zero-order chi connectivity index (χ0) is 19.4. The smallest absolute Gasteiger partial charge is 0.277 e. The van der Waals surface area contributed by atoms with Gasteiger partial charge < -0.3 is 15.2 Å². The summed E-state index contributed by atoms with van der Waals surface area (Å²) in [6, 6.07) is 7.11. The van der Waals surface area contributed by atoms with Crippen LogP contribution < -0.4 is 10.1 Å². The van der Waals surface area contributed by atoms with Gasteiger partial charge in [0.2, 0.25) is 0 Å². The van der Waals surface area contributed by atoms with Gasteiger partial charge >= 0.3 is 0 Å². The lowest BCUT2D eigenvalue weighted by atomic mass is 10.2. The van der Waals surface area contributed by atoms with Crippen LogP contribution in [0.1, 0.15) is 18.2 Å². The van der Waals surface area contributed by atoms with Gasteiger partial charge in [-0.3, -0.25) is 19.2 Å². The van der Waals surface area contributed by atoms with Crippen LogP contribution in [0.2, 0.25) is 0 Å². The maximum Gasteiger partial charge on any atom is 0.277 e. The summed E-state index contributed by atoms with van der Waals surface area (Å²) in [4.78, 5) is 24.9. The highest BCUT2D eigenvalue weighted by atomic mass is 16.5. The molecule has 2 N–H and O–H groups in total. The number of β-amino-alcohol motifs (C(OH)–C–C–N with tert-alkyl or cyclic N) is 1. The summed E-state index contributed by atoms with van der Waals surface area (Å²) < 4.78 is 7.66. The highest BCUT2D eigenvalue weighted by molar-refractivity contribution is 6.17. The van der Waals surface area contributed by atoms with Gasteiger partial charge in [0.25, 0.3) is 11.8 Å². The van der Waals surface area contributed by atoms with Gasteiger partial charge in [-0.2, -0.15) is 5.10 Å². The van der Waals surface area contributed by atoms with E-state index in [1.54, 1.807) is 24.3 Å². The van der Waals surface area contributed by atoms with Crippen molar-refractivity contribution in [2.75, 3.05) is 18.5 Å². The molecule has 1 aliphatic heterocycles.